The SMILES string of the molecule is CC(CP)C(=O)NC(C)C(=O)C[C@@H](C)B1O[C@@H]2C[C@@H]3C[C@@H](C3(C)C)[C@]2(C)O1. The fourth-order valence-corrected chi connectivity index (χ4v) is 5.49. The maximum Gasteiger partial charge on any atom is 0.461 e. The fourth-order valence-electron chi connectivity index (χ4n) is 5.28. The van der Waals surface area contributed by atoms with Crippen molar-refractivity contribution in [1.29, 1.82) is 0 Å². The van der Waals surface area contributed by atoms with Crippen molar-refractivity contribution in [1.82, 2.24) is 5.32 Å². The van der Waals surface area contributed by atoms with Crippen LogP contribution in [0.3, 0.4) is 0 Å². The van der Waals surface area contributed by atoms with Gasteiger partial charge in [-0.15, -0.1) is 9.24 Å². The van der Waals surface area contributed by atoms with E-state index in [1.54, 1.807) is 6.92 Å². The molecule has 0 aromatic rings. The second-order valence-electron chi connectivity index (χ2n) is 9.85. The summed E-state index contributed by atoms with van der Waals surface area (Å²) >= 11 is 0. The van der Waals surface area contributed by atoms with E-state index < -0.39 is 6.04 Å². The molecular weight excluding hydrogens is 360 g/mol. The van der Waals surface area contributed by atoms with Crippen LogP contribution < -0.4 is 5.32 Å². The predicted octanol–water partition coefficient (Wildman–Crippen LogP) is 3.08. The maximum absolute atomic E-state index is 12.6. The second kappa shape index (κ2) is 7.42. The number of hydrogen-bond donors (Lipinski definition) is 1. The summed E-state index contributed by atoms with van der Waals surface area (Å²) in [5.41, 5.74) is 0.0733. The van der Waals surface area contributed by atoms with E-state index in [0.717, 1.165) is 6.42 Å². The highest BCUT2D eigenvalue weighted by atomic mass is 31.0. The summed E-state index contributed by atoms with van der Waals surface area (Å²) in [6.07, 6.45) is 3.45. The van der Waals surface area contributed by atoms with E-state index in [4.69, 9.17) is 9.31 Å². The summed E-state index contributed by atoms with van der Waals surface area (Å²) < 4.78 is 12.7. The Morgan fingerprint density at radius 1 is 1.22 bits per heavy atom. The van der Waals surface area contributed by atoms with Gasteiger partial charge in [-0.2, -0.15) is 0 Å². The van der Waals surface area contributed by atoms with Crippen LogP contribution in [0.1, 0.15) is 60.8 Å². The van der Waals surface area contributed by atoms with Crippen molar-refractivity contribution >= 4 is 28.0 Å². The summed E-state index contributed by atoms with van der Waals surface area (Å²) in [5, 5.41) is 2.82. The number of nitrogens with one attached hydrogen (secondary N) is 1. The molecule has 2 bridgehead atoms. The molecule has 1 saturated heterocycles. The molecule has 3 unspecified atom stereocenters. The van der Waals surface area contributed by atoms with E-state index >= 15 is 0 Å². The van der Waals surface area contributed by atoms with Gasteiger partial charge in [-0.25, -0.2) is 0 Å². The highest BCUT2D eigenvalue weighted by molar-refractivity contribution is 7.16. The molecule has 8 atom stereocenters. The van der Waals surface area contributed by atoms with Crippen LogP contribution in [0.15, 0.2) is 0 Å². The first kappa shape index (κ1) is 21.3. The van der Waals surface area contributed by atoms with Crippen LogP contribution in [0, 0.1) is 23.2 Å². The van der Waals surface area contributed by atoms with Gasteiger partial charge in [-0.05, 0) is 55.9 Å². The number of rotatable bonds is 7. The van der Waals surface area contributed by atoms with Crippen LogP contribution in [0.25, 0.3) is 0 Å². The molecule has 0 spiro atoms. The number of carbonyl (C=O) groups excluding carboxylic acids is 2. The Kier molecular flexibility index (Phi) is 5.85. The molecule has 3 saturated carbocycles. The number of ketones is 1. The minimum Gasteiger partial charge on any atom is -0.405 e. The lowest BCUT2D eigenvalue weighted by atomic mass is 9.43. The molecule has 27 heavy (non-hydrogen) atoms. The van der Waals surface area contributed by atoms with Gasteiger partial charge < -0.3 is 14.6 Å². The summed E-state index contributed by atoms with van der Waals surface area (Å²) in [4.78, 5) is 24.6. The molecule has 0 aromatic carbocycles. The summed E-state index contributed by atoms with van der Waals surface area (Å²) in [6.45, 7) is 12.5. The lowest BCUT2D eigenvalue weighted by Crippen LogP contribution is -2.65. The molecule has 1 N–H and O–H groups in total. The summed E-state index contributed by atoms with van der Waals surface area (Å²) in [5.74, 6) is 1.05. The van der Waals surface area contributed by atoms with Crippen LogP contribution in [0.5, 0.6) is 0 Å². The molecule has 3 aliphatic carbocycles. The van der Waals surface area contributed by atoms with Gasteiger partial charge >= 0.3 is 7.12 Å². The first-order valence-corrected chi connectivity index (χ1v) is 11.2. The van der Waals surface area contributed by atoms with Crippen molar-refractivity contribution in [3.8, 4) is 0 Å². The Balaban J connectivity index is 1.56. The zero-order valence-electron chi connectivity index (χ0n) is 17.6. The van der Waals surface area contributed by atoms with Crippen molar-refractivity contribution in [3.05, 3.63) is 0 Å². The van der Waals surface area contributed by atoms with Crippen LogP contribution >= 0.6 is 9.24 Å². The Morgan fingerprint density at radius 3 is 2.48 bits per heavy atom. The minimum absolute atomic E-state index is 0.0289. The molecule has 4 rings (SSSR count). The standard InChI is InChI=1S/C20H35BNO4P/c1-11(10-27)18(24)22-13(3)15(23)7-12(2)21-25-17-9-14-8-16(19(14,4)5)20(17,6)26-21/h11-14,16-17H,7-10,27H2,1-6H3,(H,22,24)/t11?,12-,13?,14+,16+,17-,20+/m1/s1. The average Bonchev–Trinajstić information content (AvgIpc) is 2.97. The third-order valence-corrected chi connectivity index (χ3v) is 8.31. The first-order chi connectivity index (χ1) is 12.5. The van der Waals surface area contributed by atoms with Crippen LogP contribution in [0.4, 0.5) is 0 Å². The normalized spacial score (nSPS) is 37.0. The van der Waals surface area contributed by atoms with E-state index in [-0.39, 0.29) is 42.2 Å². The van der Waals surface area contributed by atoms with Crippen LogP contribution in [-0.4, -0.2) is 42.7 Å². The highest BCUT2D eigenvalue weighted by Gasteiger charge is 2.68. The smallest absolute Gasteiger partial charge is 0.405 e. The number of hydrogen-bond acceptors (Lipinski definition) is 4. The number of amides is 1. The van der Waals surface area contributed by atoms with E-state index in [9.17, 15) is 9.59 Å². The summed E-state index contributed by atoms with van der Waals surface area (Å²) in [6, 6.07) is -0.482. The van der Waals surface area contributed by atoms with Gasteiger partial charge in [-0.1, -0.05) is 27.7 Å². The largest absolute Gasteiger partial charge is 0.461 e. The Morgan fingerprint density at radius 2 is 1.89 bits per heavy atom. The number of Topliss-reactive ketones (excluding diaryl/α,β-unsaturated/α-hetero) is 1. The van der Waals surface area contributed by atoms with Gasteiger partial charge in [0, 0.05) is 12.3 Å². The monoisotopic (exact) mass is 395 g/mol. The average molecular weight is 395 g/mol. The van der Waals surface area contributed by atoms with Crippen molar-refractivity contribution in [2.24, 2.45) is 23.2 Å². The fraction of sp³-hybridized carbons (Fsp3) is 0.900. The van der Waals surface area contributed by atoms with E-state index in [1.165, 1.54) is 6.42 Å². The van der Waals surface area contributed by atoms with Gasteiger partial charge in [0.2, 0.25) is 5.91 Å². The van der Waals surface area contributed by atoms with Crippen molar-refractivity contribution in [2.45, 2.75) is 84.4 Å². The second-order valence-corrected chi connectivity index (χ2v) is 10.3. The number of carbonyl (C=O) groups is 2. The Bertz CT molecular complexity index is 615. The maximum atomic E-state index is 12.6. The van der Waals surface area contributed by atoms with Gasteiger partial charge in [0.15, 0.2) is 5.78 Å². The van der Waals surface area contributed by atoms with Gasteiger partial charge in [0.25, 0.3) is 0 Å². The Labute approximate surface area is 166 Å². The zero-order valence-corrected chi connectivity index (χ0v) is 18.7. The zero-order chi connectivity index (χ0) is 20.1. The van der Waals surface area contributed by atoms with Gasteiger partial charge in [-0.3, -0.25) is 9.59 Å². The van der Waals surface area contributed by atoms with E-state index in [1.807, 2.05) is 13.8 Å². The molecule has 0 radical (unpaired) electrons. The third-order valence-electron chi connectivity index (χ3n) is 7.60. The molecule has 0 aromatic heterocycles. The quantitative estimate of drug-likeness (QED) is 0.532. The lowest BCUT2D eigenvalue weighted by Gasteiger charge is -2.64. The van der Waals surface area contributed by atoms with Gasteiger partial charge in [0.05, 0.1) is 17.7 Å². The molecule has 7 heteroatoms. The summed E-state index contributed by atoms with van der Waals surface area (Å²) in [7, 11) is 2.22. The molecule has 152 valence electrons. The first-order valence-electron chi connectivity index (χ1n) is 10.4. The van der Waals surface area contributed by atoms with Gasteiger partial charge in [0.1, 0.15) is 0 Å². The van der Waals surface area contributed by atoms with Crippen molar-refractivity contribution in [2.75, 3.05) is 6.16 Å². The predicted molar refractivity (Wildman–Crippen MR) is 111 cm³/mol. The Hall–Kier alpha value is -0.445. The topological polar surface area (TPSA) is 64.6 Å². The van der Waals surface area contributed by atoms with E-state index in [0.29, 0.717) is 29.8 Å². The van der Waals surface area contributed by atoms with E-state index in [2.05, 4.69) is 35.3 Å². The lowest BCUT2D eigenvalue weighted by molar-refractivity contribution is -0.199. The molecule has 4 aliphatic rings. The molecule has 5 nitrogen and oxygen atoms in total. The molecule has 4 fully saturated rings. The third kappa shape index (κ3) is 3.62. The molecular formula is C20H35BNO4P. The van der Waals surface area contributed by atoms with Crippen LogP contribution in [-0.2, 0) is 18.9 Å². The van der Waals surface area contributed by atoms with Crippen LogP contribution in [0.2, 0.25) is 5.82 Å². The minimum atomic E-state index is -0.482. The van der Waals surface area contributed by atoms with Crippen molar-refractivity contribution in [3.63, 3.8) is 0 Å². The molecule has 1 amide bonds. The molecule has 1 aliphatic heterocycles. The van der Waals surface area contributed by atoms with Crippen molar-refractivity contribution < 1.29 is 18.9 Å². The highest BCUT2D eigenvalue weighted by Crippen LogP contribution is 2.66. The molecule has 1 heterocycles.